The van der Waals surface area contributed by atoms with Crippen molar-refractivity contribution in [1.29, 1.82) is 0 Å². The van der Waals surface area contributed by atoms with Gasteiger partial charge >= 0.3 is 0 Å². The predicted octanol–water partition coefficient (Wildman–Crippen LogP) is 1.76. The van der Waals surface area contributed by atoms with E-state index in [1.165, 1.54) is 17.7 Å². The molecule has 0 spiro atoms. The summed E-state index contributed by atoms with van der Waals surface area (Å²) >= 11 is 1.95. The molecule has 0 aromatic carbocycles. The lowest BCUT2D eigenvalue weighted by molar-refractivity contribution is -0.135. The van der Waals surface area contributed by atoms with Gasteiger partial charge in [0.15, 0.2) is 0 Å². The van der Waals surface area contributed by atoms with Crippen LogP contribution in [0.4, 0.5) is 5.82 Å². The molecule has 1 unspecified atom stereocenters. The number of piperidine rings is 1. The molecule has 1 aliphatic carbocycles. The largest absolute Gasteiger partial charge is 0.355 e. The molecule has 2 fully saturated rings. The Kier molecular flexibility index (Phi) is 4.42. The van der Waals surface area contributed by atoms with E-state index in [0.717, 1.165) is 69.2 Å². The molecular weight excluding hydrogens is 308 g/mol. The van der Waals surface area contributed by atoms with Gasteiger partial charge in [-0.1, -0.05) is 0 Å². The van der Waals surface area contributed by atoms with E-state index >= 15 is 0 Å². The lowest BCUT2D eigenvalue weighted by Gasteiger charge is -2.37. The Labute approximate surface area is 141 Å². The third kappa shape index (κ3) is 3.05. The number of rotatable bonds is 2. The van der Waals surface area contributed by atoms with Crippen molar-refractivity contribution in [2.45, 2.75) is 32.1 Å². The molecule has 1 amide bonds. The van der Waals surface area contributed by atoms with Gasteiger partial charge < -0.3 is 9.80 Å². The fourth-order valence-corrected chi connectivity index (χ4v) is 4.93. The van der Waals surface area contributed by atoms with Crippen LogP contribution in [0.2, 0.25) is 0 Å². The van der Waals surface area contributed by atoms with Gasteiger partial charge in [0, 0.05) is 48.9 Å². The van der Waals surface area contributed by atoms with Crippen molar-refractivity contribution in [3.63, 3.8) is 0 Å². The van der Waals surface area contributed by atoms with E-state index in [0.29, 0.717) is 5.91 Å². The van der Waals surface area contributed by atoms with E-state index in [4.69, 9.17) is 0 Å². The quantitative estimate of drug-likeness (QED) is 0.826. The van der Waals surface area contributed by atoms with E-state index in [1.54, 1.807) is 6.33 Å². The predicted molar refractivity (Wildman–Crippen MR) is 92.9 cm³/mol. The summed E-state index contributed by atoms with van der Waals surface area (Å²) in [4.78, 5) is 26.2. The number of nitrogens with zero attached hydrogens (tertiary/aromatic N) is 4. The van der Waals surface area contributed by atoms with Crippen LogP contribution in [0.3, 0.4) is 0 Å². The first-order chi connectivity index (χ1) is 11.3. The summed E-state index contributed by atoms with van der Waals surface area (Å²) in [5.41, 5.74) is 2.55. The van der Waals surface area contributed by atoms with Crippen LogP contribution in [0, 0.1) is 5.92 Å². The molecule has 1 atom stereocenters. The summed E-state index contributed by atoms with van der Waals surface area (Å²) in [6.07, 6.45) is 7.15. The number of thioether (sulfide) groups is 1. The molecule has 0 radical (unpaired) electrons. The Morgan fingerprint density at radius 3 is 2.87 bits per heavy atom. The van der Waals surface area contributed by atoms with Crippen molar-refractivity contribution in [3.05, 3.63) is 17.6 Å². The van der Waals surface area contributed by atoms with Crippen LogP contribution >= 0.6 is 11.8 Å². The van der Waals surface area contributed by atoms with Crippen molar-refractivity contribution in [2.75, 3.05) is 42.6 Å². The molecule has 124 valence electrons. The number of carbonyl (C=O) groups excluding carboxylic acids is 1. The van der Waals surface area contributed by atoms with Crippen molar-refractivity contribution >= 4 is 23.5 Å². The van der Waals surface area contributed by atoms with Crippen molar-refractivity contribution in [3.8, 4) is 0 Å². The van der Waals surface area contributed by atoms with E-state index < -0.39 is 0 Å². The molecule has 0 saturated carbocycles. The number of hydrogen-bond acceptors (Lipinski definition) is 5. The van der Waals surface area contributed by atoms with Crippen LogP contribution in [-0.4, -0.2) is 58.5 Å². The van der Waals surface area contributed by atoms with Gasteiger partial charge in [0.05, 0.1) is 5.92 Å². The minimum absolute atomic E-state index is 0.138. The highest BCUT2D eigenvalue weighted by Gasteiger charge is 2.32. The Bertz CT molecular complexity index is 588. The Morgan fingerprint density at radius 1 is 1.13 bits per heavy atom. The maximum absolute atomic E-state index is 12.8. The van der Waals surface area contributed by atoms with E-state index in [9.17, 15) is 4.79 Å². The molecule has 1 aromatic rings. The third-order valence-electron chi connectivity index (χ3n) is 5.25. The van der Waals surface area contributed by atoms with Crippen LogP contribution in [0.15, 0.2) is 6.33 Å². The highest BCUT2D eigenvalue weighted by molar-refractivity contribution is 7.99. The topological polar surface area (TPSA) is 49.3 Å². The lowest BCUT2D eigenvalue weighted by Crippen LogP contribution is -2.47. The minimum atomic E-state index is 0.138. The molecule has 5 nitrogen and oxygen atoms in total. The maximum atomic E-state index is 12.8. The van der Waals surface area contributed by atoms with Crippen LogP contribution < -0.4 is 4.90 Å². The SMILES string of the molecule is O=C(C1CCCN(c2ncnc3c2CCC3)C1)N1CCSCC1. The fraction of sp³-hybridized carbons (Fsp3) is 0.706. The molecule has 3 heterocycles. The summed E-state index contributed by atoms with van der Waals surface area (Å²) in [6, 6.07) is 0. The summed E-state index contributed by atoms with van der Waals surface area (Å²) in [6.45, 7) is 3.68. The standard InChI is InChI=1S/C17H24N4OS/c22-17(20-7-9-23-10-8-20)13-3-2-6-21(11-13)16-14-4-1-5-15(14)18-12-19-16/h12-13H,1-11H2. The first-order valence-corrected chi connectivity index (χ1v) is 9.92. The number of fused-ring (bicyclic) bond motifs is 1. The number of carbonyl (C=O) groups is 1. The zero-order chi connectivity index (χ0) is 15.6. The minimum Gasteiger partial charge on any atom is -0.355 e. The van der Waals surface area contributed by atoms with Gasteiger partial charge in [0.2, 0.25) is 5.91 Å². The zero-order valence-corrected chi connectivity index (χ0v) is 14.4. The number of aromatic nitrogens is 2. The normalized spacial score (nSPS) is 24.6. The van der Waals surface area contributed by atoms with Gasteiger partial charge in [0.1, 0.15) is 12.1 Å². The smallest absolute Gasteiger partial charge is 0.227 e. The molecular formula is C17H24N4OS. The average molecular weight is 332 g/mol. The highest BCUT2D eigenvalue weighted by atomic mass is 32.2. The first kappa shape index (κ1) is 15.2. The highest BCUT2D eigenvalue weighted by Crippen LogP contribution is 2.31. The monoisotopic (exact) mass is 332 g/mol. The van der Waals surface area contributed by atoms with Gasteiger partial charge in [-0.3, -0.25) is 4.79 Å². The molecule has 3 aliphatic rings. The molecule has 2 aliphatic heterocycles. The summed E-state index contributed by atoms with van der Waals surface area (Å²) in [5.74, 6) is 3.77. The molecule has 2 saturated heterocycles. The summed E-state index contributed by atoms with van der Waals surface area (Å²) in [7, 11) is 0. The molecule has 0 N–H and O–H groups in total. The second kappa shape index (κ2) is 6.67. The van der Waals surface area contributed by atoms with Gasteiger partial charge in [0.25, 0.3) is 0 Å². The zero-order valence-electron chi connectivity index (χ0n) is 13.5. The maximum Gasteiger partial charge on any atom is 0.227 e. The second-order valence-electron chi connectivity index (χ2n) is 6.70. The molecule has 4 rings (SSSR count). The second-order valence-corrected chi connectivity index (χ2v) is 7.92. The van der Waals surface area contributed by atoms with Crippen molar-refractivity contribution in [2.24, 2.45) is 5.92 Å². The van der Waals surface area contributed by atoms with E-state index in [1.807, 2.05) is 11.8 Å². The van der Waals surface area contributed by atoms with Crippen LogP contribution in [0.1, 0.15) is 30.5 Å². The van der Waals surface area contributed by atoms with Gasteiger partial charge in [-0.05, 0) is 32.1 Å². The summed E-state index contributed by atoms with van der Waals surface area (Å²) in [5, 5.41) is 0. The van der Waals surface area contributed by atoms with Gasteiger partial charge in [-0.25, -0.2) is 9.97 Å². The van der Waals surface area contributed by atoms with Crippen molar-refractivity contribution < 1.29 is 4.79 Å². The first-order valence-electron chi connectivity index (χ1n) is 8.77. The summed E-state index contributed by atoms with van der Waals surface area (Å²) < 4.78 is 0. The molecule has 6 heteroatoms. The molecule has 23 heavy (non-hydrogen) atoms. The Balaban J connectivity index is 1.49. The average Bonchev–Trinajstić information content (AvgIpc) is 3.10. The number of hydrogen-bond donors (Lipinski definition) is 0. The van der Waals surface area contributed by atoms with Crippen LogP contribution in [0.25, 0.3) is 0 Å². The molecule has 1 aromatic heterocycles. The number of amides is 1. The Morgan fingerprint density at radius 2 is 2.00 bits per heavy atom. The molecule has 0 bridgehead atoms. The lowest BCUT2D eigenvalue weighted by atomic mass is 9.96. The van der Waals surface area contributed by atoms with E-state index in [2.05, 4.69) is 19.8 Å². The Hall–Kier alpha value is -1.30. The number of anilines is 1. The van der Waals surface area contributed by atoms with Gasteiger partial charge in [-0.15, -0.1) is 0 Å². The van der Waals surface area contributed by atoms with Crippen LogP contribution in [0.5, 0.6) is 0 Å². The third-order valence-corrected chi connectivity index (χ3v) is 6.19. The van der Waals surface area contributed by atoms with E-state index in [-0.39, 0.29) is 5.92 Å². The van der Waals surface area contributed by atoms with Crippen molar-refractivity contribution in [1.82, 2.24) is 14.9 Å². The van der Waals surface area contributed by atoms with Crippen LogP contribution in [-0.2, 0) is 17.6 Å². The fourth-order valence-electron chi connectivity index (χ4n) is 4.03. The number of aryl methyl sites for hydroxylation is 1. The van der Waals surface area contributed by atoms with Gasteiger partial charge in [-0.2, -0.15) is 11.8 Å².